The molecule has 0 spiro atoms. The number of nitrogens with zero attached hydrogens (tertiary/aromatic N) is 1. The van der Waals surface area contributed by atoms with Crippen LogP contribution in [0.4, 0.5) is 10.5 Å². The first-order chi connectivity index (χ1) is 10.1. The number of amides is 2. The fourth-order valence-corrected chi connectivity index (χ4v) is 2.74. The van der Waals surface area contributed by atoms with Gasteiger partial charge < -0.3 is 10.6 Å². The van der Waals surface area contributed by atoms with Crippen molar-refractivity contribution in [3.63, 3.8) is 0 Å². The zero-order chi connectivity index (χ0) is 15.0. The third-order valence-corrected chi connectivity index (χ3v) is 3.72. The Morgan fingerprint density at radius 1 is 1.14 bits per heavy atom. The predicted molar refractivity (Wildman–Crippen MR) is 73.4 cm³/mol. The van der Waals surface area contributed by atoms with Crippen LogP contribution in [0.15, 0.2) is 35.5 Å². The number of nitrogens with one attached hydrogen (secondary N) is 2. The number of benzene rings is 1. The molecular formula is C14H13N3O4. The molecule has 0 fully saturated rings. The van der Waals surface area contributed by atoms with Crippen LogP contribution in [0.25, 0.3) is 0 Å². The highest BCUT2D eigenvalue weighted by Crippen LogP contribution is 2.33. The minimum absolute atomic E-state index is 0.00658. The van der Waals surface area contributed by atoms with Crippen molar-refractivity contribution in [3.05, 3.63) is 51.2 Å². The molecule has 0 bridgehead atoms. The molecule has 1 aliphatic heterocycles. The van der Waals surface area contributed by atoms with E-state index in [-0.39, 0.29) is 17.5 Å². The van der Waals surface area contributed by atoms with Crippen LogP contribution in [0, 0.1) is 10.1 Å². The Morgan fingerprint density at radius 2 is 1.86 bits per heavy atom. The van der Waals surface area contributed by atoms with Crippen molar-refractivity contribution in [1.29, 1.82) is 0 Å². The molecule has 21 heavy (non-hydrogen) atoms. The smallest absolute Gasteiger partial charge is 0.319 e. The van der Waals surface area contributed by atoms with Gasteiger partial charge in [0.2, 0.25) is 0 Å². The van der Waals surface area contributed by atoms with Gasteiger partial charge in [0, 0.05) is 29.8 Å². The number of allylic oxidation sites excluding steroid dienone is 1. The molecule has 2 aliphatic rings. The standard InChI is InChI=1S/C14H13N3O4/c18-11-3-1-2-10-12(11)13(16-14(19)15-10)8-4-6-9(7-5-8)17(20)21/h4-7,13H,1-3H2,(H2,15,16,19)/t13-/m1/s1. The molecule has 1 aliphatic carbocycles. The molecule has 0 saturated heterocycles. The summed E-state index contributed by atoms with van der Waals surface area (Å²) in [5.74, 6) is 0.00658. The van der Waals surface area contributed by atoms with Gasteiger partial charge >= 0.3 is 6.03 Å². The van der Waals surface area contributed by atoms with Crippen molar-refractivity contribution in [2.24, 2.45) is 0 Å². The van der Waals surface area contributed by atoms with Crippen LogP contribution in [0.5, 0.6) is 0 Å². The minimum Gasteiger partial charge on any atom is -0.327 e. The fourth-order valence-electron chi connectivity index (χ4n) is 2.74. The molecule has 108 valence electrons. The van der Waals surface area contributed by atoms with E-state index in [4.69, 9.17) is 0 Å². The quantitative estimate of drug-likeness (QED) is 0.641. The molecule has 0 radical (unpaired) electrons. The first kappa shape index (κ1) is 13.3. The monoisotopic (exact) mass is 287 g/mol. The first-order valence-corrected chi connectivity index (χ1v) is 6.64. The molecule has 3 rings (SSSR count). The van der Waals surface area contributed by atoms with E-state index >= 15 is 0 Å². The lowest BCUT2D eigenvalue weighted by Crippen LogP contribution is -2.46. The van der Waals surface area contributed by atoms with Gasteiger partial charge in [-0.2, -0.15) is 0 Å². The van der Waals surface area contributed by atoms with Crippen LogP contribution in [-0.2, 0) is 4.79 Å². The Hall–Kier alpha value is -2.70. The number of nitro benzene ring substituents is 1. The van der Waals surface area contributed by atoms with Gasteiger partial charge in [-0.1, -0.05) is 0 Å². The second kappa shape index (κ2) is 5.01. The summed E-state index contributed by atoms with van der Waals surface area (Å²) in [5, 5.41) is 16.1. The largest absolute Gasteiger partial charge is 0.327 e. The van der Waals surface area contributed by atoms with Crippen molar-refractivity contribution < 1.29 is 14.5 Å². The van der Waals surface area contributed by atoms with Gasteiger partial charge in [0.05, 0.1) is 11.0 Å². The molecule has 0 unspecified atom stereocenters. The van der Waals surface area contributed by atoms with E-state index in [1.54, 1.807) is 12.1 Å². The maximum atomic E-state index is 12.1. The van der Waals surface area contributed by atoms with E-state index in [2.05, 4.69) is 10.6 Å². The van der Waals surface area contributed by atoms with Gasteiger partial charge in [0.25, 0.3) is 5.69 Å². The van der Waals surface area contributed by atoms with E-state index in [0.29, 0.717) is 29.7 Å². The number of Topliss-reactive ketones (excluding diaryl/α,β-unsaturated/α-hetero) is 1. The molecule has 1 heterocycles. The molecular weight excluding hydrogens is 274 g/mol. The van der Waals surface area contributed by atoms with Gasteiger partial charge in [0.1, 0.15) is 0 Å². The Balaban J connectivity index is 2.01. The summed E-state index contributed by atoms with van der Waals surface area (Å²) in [5.41, 5.74) is 1.87. The van der Waals surface area contributed by atoms with Crippen LogP contribution in [0.3, 0.4) is 0 Å². The summed E-state index contributed by atoms with van der Waals surface area (Å²) in [6, 6.07) is 4.99. The fraction of sp³-hybridized carbons (Fsp3) is 0.286. The molecule has 7 heteroatoms. The number of carbonyl (C=O) groups is 2. The van der Waals surface area contributed by atoms with Crippen molar-refractivity contribution in [3.8, 4) is 0 Å². The third-order valence-electron chi connectivity index (χ3n) is 3.72. The van der Waals surface area contributed by atoms with Gasteiger partial charge in [-0.25, -0.2) is 4.79 Å². The summed E-state index contributed by atoms with van der Waals surface area (Å²) in [6.45, 7) is 0. The lowest BCUT2D eigenvalue weighted by Gasteiger charge is -2.32. The van der Waals surface area contributed by atoms with E-state index in [9.17, 15) is 19.7 Å². The van der Waals surface area contributed by atoms with Gasteiger partial charge in [-0.05, 0) is 30.5 Å². The maximum Gasteiger partial charge on any atom is 0.319 e. The Bertz CT molecular complexity index is 663. The molecule has 2 N–H and O–H groups in total. The topological polar surface area (TPSA) is 101 Å². The van der Waals surface area contributed by atoms with Crippen LogP contribution < -0.4 is 10.6 Å². The number of ketones is 1. The van der Waals surface area contributed by atoms with Crippen molar-refractivity contribution in [2.45, 2.75) is 25.3 Å². The van der Waals surface area contributed by atoms with E-state index in [1.807, 2.05) is 0 Å². The predicted octanol–water partition coefficient (Wildman–Crippen LogP) is 1.96. The van der Waals surface area contributed by atoms with E-state index in [1.165, 1.54) is 12.1 Å². The summed E-state index contributed by atoms with van der Waals surface area (Å²) in [4.78, 5) is 34.0. The zero-order valence-electron chi connectivity index (χ0n) is 11.1. The van der Waals surface area contributed by atoms with Crippen molar-refractivity contribution >= 4 is 17.5 Å². The van der Waals surface area contributed by atoms with Crippen molar-refractivity contribution in [1.82, 2.24) is 10.6 Å². The summed E-state index contributed by atoms with van der Waals surface area (Å²) in [7, 11) is 0. The lowest BCUT2D eigenvalue weighted by molar-refractivity contribution is -0.384. The number of hydrogen-bond donors (Lipinski definition) is 2. The second-order valence-corrected chi connectivity index (χ2v) is 5.05. The summed E-state index contributed by atoms with van der Waals surface area (Å²) in [6.07, 6.45) is 1.85. The lowest BCUT2D eigenvalue weighted by atomic mass is 9.85. The van der Waals surface area contributed by atoms with Crippen LogP contribution in [-0.4, -0.2) is 16.7 Å². The van der Waals surface area contributed by atoms with Crippen LogP contribution >= 0.6 is 0 Å². The van der Waals surface area contributed by atoms with Gasteiger partial charge in [0.15, 0.2) is 5.78 Å². The SMILES string of the molecule is O=C1NC2=C(C(=O)CCC2)[C@@H](c2ccc([N+](=O)[O-])cc2)N1. The number of nitro groups is 1. The molecule has 0 aromatic heterocycles. The highest BCUT2D eigenvalue weighted by atomic mass is 16.6. The zero-order valence-corrected chi connectivity index (χ0v) is 11.1. The third kappa shape index (κ3) is 2.37. The van der Waals surface area contributed by atoms with Crippen LogP contribution in [0.2, 0.25) is 0 Å². The minimum atomic E-state index is -0.539. The molecule has 1 aromatic carbocycles. The average Bonchev–Trinajstić information content (AvgIpc) is 2.46. The number of carbonyl (C=O) groups excluding carboxylic acids is 2. The molecule has 7 nitrogen and oxygen atoms in total. The molecule has 1 aromatic rings. The van der Waals surface area contributed by atoms with Crippen molar-refractivity contribution in [2.75, 3.05) is 0 Å². The van der Waals surface area contributed by atoms with Crippen LogP contribution in [0.1, 0.15) is 30.9 Å². The molecule has 0 saturated carbocycles. The number of non-ortho nitro benzene ring substituents is 1. The number of rotatable bonds is 2. The molecule has 2 amide bonds. The Labute approximate surface area is 120 Å². The van der Waals surface area contributed by atoms with E-state index in [0.717, 1.165) is 6.42 Å². The Morgan fingerprint density at radius 3 is 2.52 bits per heavy atom. The maximum absolute atomic E-state index is 12.1. The summed E-state index contributed by atoms with van der Waals surface area (Å²) < 4.78 is 0. The average molecular weight is 287 g/mol. The Kier molecular flexibility index (Phi) is 3.17. The van der Waals surface area contributed by atoms with Gasteiger partial charge in [-0.15, -0.1) is 0 Å². The van der Waals surface area contributed by atoms with Gasteiger partial charge in [-0.3, -0.25) is 14.9 Å². The summed E-state index contributed by atoms with van der Waals surface area (Å²) >= 11 is 0. The normalized spacial score (nSPS) is 21.4. The second-order valence-electron chi connectivity index (χ2n) is 5.05. The number of urea groups is 1. The van der Waals surface area contributed by atoms with E-state index < -0.39 is 11.0 Å². The first-order valence-electron chi connectivity index (χ1n) is 6.64. The molecule has 1 atom stereocenters. The number of hydrogen-bond acceptors (Lipinski definition) is 4. The highest BCUT2D eigenvalue weighted by molar-refractivity contribution is 6.00. The highest BCUT2D eigenvalue weighted by Gasteiger charge is 2.34.